The van der Waals surface area contributed by atoms with Crippen LogP contribution in [0.2, 0.25) is 0 Å². The van der Waals surface area contributed by atoms with Crippen molar-refractivity contribution in [1.29, 1.82) is 0 Å². The molecular weight excluding hydrogens is 240 g/mol. The van der Waals surface area contributed by atoms with Gasteiger partial charge in [-0.3, -0.25) is 0 Å². The highest BCUT2D eigenvalue weighted by atomic mass is 16.5. The van der Waals surface area contributed by atoms with E-state index in [1.54, 1.807) is 7.11 Å². The normalized spacial score (nSPS) is 10.5. The molecule has 0 amide bonds. The highest BCUT2D eigenvalue weighted by Crippen LogP contribution is 2.28. The van der Waals surface area contributed by atoms with Gasteiger partial charge in [0.05, 0.1) is 12.7 Å². The number of hydrogen-bond acceptors (Lipinski definition) is 5. The van der Waals surface area contributed by atoms with E-state index in [0.29, 0.717) is 30.4 Å². The Morgan fingerprint density at radius 1 is 1.16 bits per heavy atom. The molecular formula is C14H18N4O. The third-order valence-corrected chi connectivity index (χ3v) is 2.76. The Morgan fingerprint density at radius 2 is 1.95 bits per heavy atom. The minimum absolute atomic E-state index is 0.522. The molecule has 0 fully saturated rings. The molecule has 5 nitrogen and oxygen atoms in total. The number of ether oxygens (including phenoxy) is 1. The van der Waals surface area contributed by atoms with Crippen LogP contribution in [0.15, 0.2) is 18.2 Å². The summed E-state index contributed by atoms with van der Waals surface area (Å²) in [5, 5.41) is 0. The van der Waals surface area contributed by atoms with Crippen molar-refractivity contribution in [2.45, 2.75) is 20.3 Å². The molecule has 0 spiro atoms. The predicted octanol–water partition coefficient (Wildman–Crippen LogP) is 1.67. The Hall–Kier alpha value is -2.01. The summed E-state index contributed by atoms with van der Waals surface area (Å²) >= 11 is 0. The van der Waals surface area contributed by atoms with Crippen molar-refractivity contribution >= 4 is 0 Å². The van der Waals surface area contributed by atoms with Gasteiger partial charge in [-0.05, 0) is 32.5 Å². The van der Waals surface area contributed by atoms with Gasteiger partial charge in [0.2, 0.25) is 0 Å². The van der Waals surface area contributed by atoms with Gasteiger partial charge in [0.25, 0.3) is 0 Å². The summed E-state index contributed by atoms with van der Waals surface area (Å²) in [5.74, 6) is 2.80. The Balaban J connectivity index is 2.54. The van der Waals surface area contributed by atoms with E-state index < -0.39 is 0 Å². The number of nitrogens with zero attached hydrogens (tertiary/aromatic N) is 3. The summed E-state index contributed by atoms with van der Waals surface area (Å²) in [5.41, 5.74) is 7.57. The van der Waals surface area contributed by atoms with Crippen LogP contribution in [0.1, 0.15) is 17.2 Å². The van der Waals surface area contributed by atoms with E-state index >= 15 is 0 Å². The molecule has 0 unspecified atom stereocenters. The van der Waals surface area contributed by atoms with Gasteiger partial charge in [0.15, 0.2) is 5.82 Å². The van der Waals surface area contributed by atoms with Crippen LogP contribution >= 0.6 is 0 Å². The van der Waals surface area contributed by atoms with Crippen LogP contribution in [0.5, 0.6) is 5.75 Å². The lowest BCUT2D eigenvalue weighted by atomic mass is 10.1. The molecule has 5 heteroatoms. The lowest BCUT2D eigenvalue weighted by Crippen LogP contribution is -2.09. The van der Waals surface area contributed by atoms with Crippen LogP contribution in [-0.4, -0.2) is 28.6 Å². The first-order valence-electron chi connectivity index (χ1n) is 6.20. The van der Waals surface area contributed by atoms with E-state index in [2.05, 4.69) is 15.0 Å². The molecule has 100 valence electrons. The van der Waals surface area contributed by atoms with Crippen LogP contribution in [0.4, 0.5) is 0 Å². The Bertz CT molecular complexity index is 584. The zero-order valence-electron chi connectivity index (χ0n) is 11.5. The molecule has 0 bridgehead atoms. The standard InChI is InChI=1S/C14H18N4O/c1-9-4-5-12(19-3)11(8-9)14-17-10(2)16-13(18-14)6-7-15/h4-5,8H,6-7,15H2,1-3H3. The van der Waals surface area contributed by atoms with Crippen molar-refractivity contribution < 1.29 is 4.74 Å². The summed E-state index contributed by atoms with van der Waals surface area (Å²) in [6.45, 7) is 4.40. The zero-order valence-corrected chi connectivity index (χ0v) is 11.5. The molecule has 2 N–H and O–H groups in total. The van der Waals surface area contributed by atoms with E-state index in [0.717, 1.165) is 16.9 Å². The monoisotopic (exact) mass is 258 g/mol. The molecule has 2 rings (SSSR count). The number of nitrogens with two attached hydrogens (primary N) is 1. The van der Waals surface area contributed by atoms with Crippen molar-refractivity contribution in [3.8, 4) is 17.1 Å². The van der Waals surface area contributed by atoms with Gasteiger partial charge in [-0.15, -0.1) is 0 Å². The van der Waals surface area contributed by atoms with Gasteiger partial charge >= 0.3 is 0 Å². The van der Waals surface area contributed by atoms with E-state index in [1.165, 1.54) is 0 Å². The third kappa shape index (κ3) is 3.06. The van der Waals surface area contributed by atoms with E-state index in [4.69, 9.17) is 10.5 Å². The molecule has 0 aliphatic rings. The summed E-state index contributed by atoms with van der Waals surface area (Å²) in [6.07, 6.45) is 0.643. The predicted molar refractivity (Wildman–Crippen MR) is 74.0 cm³/mol. The molecule has 1 heterocycles. The smallest absolute Gasteiger partial charge is 0.167 e. The van der Waals surface area contributed by atoms with Crippen LogP contribution in [-0.2, 0) is 6.42 Å². The number of methoxy groups -OCH3 is 1. The van der Waals surface area contributed by atoms with Gasteiger partial charge in [-0.25, -0.2) is 15.0 Å². The van der Waals surface area contributed by atoms with Crippen molar-refractivity contribution in [1.82, 2.24) is 15.0 Å². The number of rotatable bonds is 4. The second-order valence-corrected chi connectivity index (χ2v) is 4.36. The van der Waals surface area contributed by atoms with Gasteiger partial charge in [0, 0.05) is 6.42 Å². The van der Waals surface area contributed by atoms with Crippen molar-refractivity contribution in [2.75, 3.05) is 13.7 Å². The molecule has 0 saturated carbocycles. The highest BCUT2D eigenvalue weighted by molar-refractivity contribution is 5.65. The minimum atomic E-state index is 0.522. The quantitative estimate of drug-likeness (QED) is 0.903. The SMILES string of the molecule is COc1ccc(C)cc1-c1nc(C)nc(CCN)n1. The second kappa shape index (κ2) is 5.75. The van der Waals surface area contributed by atoms with E-state index in [1.807, 2.05) is 32.0 Å². The lowest BCUT2D eigenvalue weighted by molar-refractivity contribution is 0.416. The first kappa shape index (κ1) is 13.4. The molecule has 19 heavy (non-hydrogen) atoms. The number of benzene rings is 1. The minimum Gasteiger partial charge on any atom is -0.496 e. The fraction of sp³-hybridized carbons (Fsp3) is 0.357. The zero-order chi connectivity index (χ0) is 13.8. The third-order valence-electron chi connectivity index (χ3n) is 2.76. The van der Waals surface area contributed by atoms with Crippen LogP contribution in [0, 0.1) is 13.8 Å². The lowest BCUT2D eigenvalue weighted by Gasteiger charge is -2.09. The number of aryl methyl sites for hydroxylation is 2. The first-order valence-corrected chi connectivity index (χ1v) is 6.20. The van der Waals surface area contributed by atoms with Gasteiger partial charge in [0.1, 0.15) is 17.4 Å². The summed E-state index contributed by atoms with van der Waals surface area (Å²) in [4.78, 5) is 13.1. The van der Waals surface area contributed by atoms with Crippen molar-refractivity contribution in [3.05, 3.63) is 35.4 Å². The molecule has 0 saturated heterocycles. The van der Waals surface area contributed by atoms with Crippen molar-refractivity contribution in [2.24, 2.45) is 5.73 Å². The highest BCUT2D eigenvalue weighted by Gasteiger charge is 2.11. The fourth-order valence-corrected chi connectivity index (χ4v) is 1.90. The fourth-order valence-electron chi connectivity index (χ4n) is 1.90. The summed E-state index contributed by atoms with van der Waals surface area (Å²) < 4.78 is 5.37. The Morgan fingerprint density at radius 3 is 2.63 bits per heavy atom. The molecule has 0 radical (unpaired) electrons. The van der Waals surface area contributed by atoms with E-state index in [9.17, 15) is 0 Å². The average molecular weight is 258 g/mol. The summed E-state index contributed by atoms with van der Waals surface area (Å²) in [7, 11) is 1.64. The molecule has 0 aliphatic heterocycles. The maximum atomic E-state index is 5.55. The number of hydrogen-bond donors (Lipinski definition) is 1. The molecule has 0 atom stereocenters. The Kier molecular flexibility index (Phi) is 4.06. The maximum absolute atomic E-state index is 5.55. The second-order valence-electron chi connectivity index (χ2n) is 4.36. The van der Waals surface area contributed by atoms with Gasteiger partial charge < -0.3 is 10.5 Å². The summed E-state index contributed by atoms with van der Waals surface area (Å²) in [6, 6.07) is 5.93. The van der Waals surface area contributed by atoms with E-state index in [-0.39, 0.29) is 0 Å². The van der Waals surface area contributed by atoms with Crippen LogP contribution in [0.3, 0.4) is 0 Å². The van der Waals surface area contributed by atoms with Gasteiger partial charge in [-0.1, -0.05) is 11.6 Å². The largest absolute Gasteiger partial charge is 0.496 e. The molecule has 0 aliphatic carbocycles. The average Bonchev–Trinajstić information content (AvgIpc) is 2.38. The topological polar surface area (TPSA) is 73.9 Å². The maximum Gasteiger partial charge on any atom is 0.167 e. The first-order chi connectivity index (χ1) is 9.13. The van der Waals surface area contributed by atoms with Gasteiger partial charge in [-0.2, -0.15) is 0 Å². The van der Waals surface area contributed by atoms with Crippen LogP contribution in [0.25, 0.3) is 11.4 Å². The van der Waals surface area contributed by atoms with Crippen LogP contribution < -0.4 is 10.5 Å². The Labute approximate surface area is 112 Å². The molecule has 1 aromatic carbocycles. The van der Waals surface area contributed by atoms with Crippen molar-refractivity contribution in [3.63, 3.8) is 0 Å². The molecule has 1 aromatic heterocycles. The molecule has 2 aromatic rings. The number of aromatic nitrogens is 3.